The molecule has 0 aromatic heterocycles. The quantitative estimate of drug-likeness (QED) is 0.551. The van der Waals surface area contributed by atoms with E-state index in [-0.39, 0.29) is 0 Å². The van der Waals surface area contributed by atoms with Crippen LogP contribution in [0.1, 0.15) is 19.3 Å². The van der Waals surface area contributed by atoms with Crippen LogP contribution in [0.3, 0.4) is 0 Å². The lowest BCUT2D eigenvalue weighted by atomic mass is 9.92. The minimum atomic E-state index is 0.471. The van der Waals surface area contributed by atoms with Crippen molar-refractivity contribution in [1.82, 2.24) is 0 Å². The molecule has 0 N–H and O–H groups in total. The molecule has 1 rings (SSSR count). The molecule has 0 aromatic carbocycles. The second-order valence-corrected chi connectivity index (χ2v) is 3.05. The van der Waals surface area contributed by atoms with Gasteiger partial charge in [-0.3, -0.25) is 0 Å². The maximum Gasteiger partial charge on any atom is 0.00464 e. The van der Waals surface area contributed by atoms with Gasteiger partial charge in [-0.15, -0.1) is 13.2 Å². The molecule has 64 valence electrons. The molecule has 1 aliphatic rings. The highest BCUT2D eigenvalue weighted by atomic mass is 14.1. The van der Waals surface area contributed by atoms with Crippen molar-refractivity contribution in [1.29, 1.82) is 0 Å². The smallest absolute Gasteiger partial charge is 0.00464 e. The molecule has 0 bridgehead atoms. The van der Waals surface area contributed by atoms with Crippen molar-refractivity contribution in [2.45, 2.75) is 19.3 Å². The Hall–Kier alpha value is -1.04. The van der Waals surface area contributed by atoms with Crippen molar-refractivity contribution < 1.29 is 0 Å². The standard InChI is InChI=1S/C12H16/c1-3-8-11(4-2)12-9-6-5-7-10-12/h3-4,6,9-11H,1-2,5,7-8H2/t11-/m0/s1. The Bertz CT molecular complexity index is 218. The van der Waals surface area contributed by atoms with Crippen LogP contribution in [-0.2, 0) is 0 Å². The lowest BCUT2D eigenvalue weighted by Crippen LogP contribution is -1.99. The molecule has 12 heavy (non-hydrogen) atoms. The van der Waals surface area contributed by atoms with Crippen LogP contribution in [0.5, 0.6) is 0 Å². The van der Waals surface area contributed by atoms with Crippen LogP contribution < -0.4 is 0 Å². The SMILES string of the molecule is C=CC[C@H](C=C)C1=CCCC=C1. The Morgan fingerprint density at radius 1 is 1.42 bits per heavy atom. The van der Waals surface area contributed by atoms with E-state index in [4.69, 9.17) is 0 Å². The summed E-state index contributed by atoms with van der Waals surface area (Å²) < 4.78 is 0. The Labute approximate surface area is 75.0 Å². The van der Waals surface area contributed by atoms with Crippen LogP contribution >= 0.6 is 0 Å². The lowest BCUT2D eigenvalue weighted by Gasteiger charge is -2.14. The molecule has 0 saturated heterocycles. The second-order valence-electron chi connectivity index (χ2n) is 3.05. The number of hydrogen-bond donors (Lipinski definition) is 0. The van der Waals surface area contributed by atoms with Gasteiger partial charge in [0.05, 0.1) is 0 Å². The molecule has 1 aliphatic carbocycles. The molecular formula is C12H16. The molecule has 0 nitrogen and oxygen atoms in total. The summed E-state index contributed by atoms with van der Waals surface area (Å²) >= 11 is 0. The summed E-state index contributed by atoms with van der Waals surface area (Å²) in [6.45, 7) is 7.58. The van der Waals surface area contributed by atoms with Gasteiger partial charge >= 0.3 is 0 Å². The third-order valence-electron chi connectivity index (χ3n) is 2.16. The molecule has 0 unspecified atom stereocenters. The van der Waals surface area contributed by atoms with Gasteiger partial charge in [0.2, 0.25) is 0 Å². The Balaban J connectivity index is 2.63. The maximum atomic E-state index is 3.83. The summed E-state index contributed by atoms with van der Waals surface area (Å²) in [6, 6.07) is 0. The molecule has 0 amide bonds. The largest absolute Gasteiger partial charge is 0.103 e. The average Bonchev–Trinajstić information content (AvgIpc) is 2.15. The first-order valence-corrected chi connectivity index (χ1v) is 4.48. The topological polar surface area (TPSA) is 0 Å². The van der Waals surface area contributed by atoms with E-state index in [1.54, 1.807) is 0 Å². The summed E-state index contributed by atoms with van der Waals surface area (Å²) in [5.41, 5.74) is 1.40. The Kier molecular flexibility index (Phi) is 3.59. The van der Waals surface area contributed by atoms with Gasteiger partial charge in [-0.05, 0) is 24.8 Å². The highest BCUT2D eigenvalue weighted by Crippen LogP contribution is 2.22. The van der Waals surface area contributed by atoms with Crippen molar-refractivity contribution in [2.75, 3.05) is 0 Å². The zero-order chi connectivity index (χ0) is 8.81. The van der Waals surface area contributed by atoms with Crippen LogP contribution in [0, 0.1) is 5.92 Å². The van der Waals surface area contributed by atoms with E-state index >= 15 is 0 Å². The molecule has 0 spiro atoms. The molecule has 0 heterocycles. The van der Waals surface area contributed by atoms with Crippen LogP contribution in [0.4, 0.5) is 0 Å². The van der Waals surface area contributed by atoms with Crippen molar-refractivity contribution in [3.63, 3.8) is 0 Å². The minimum Gasteiger partial charge on any atom is -0.103 e. The van der Waals surface area contributed by atoms with Crippen molar-refractivity contribution in [3.8, 4) is 0 Å². The van der Waals surface area contributed by atoms with Crippen molar-refractivity contribution in [3.05, 3.63) is 49.1 Å². The molecule has 0 aliphatic heterocycles. The lowest BCUT2D eigenvalue weighted by molar-refractivity contribution is 0.781. The van der Waals surface area contributed by atoms with Crippen LogP contribution in [0.2, 0.25) is 0 Å². The first-order chi connectivity index (χ1) is 5.88. The molecule has 0 saturated carbocycles. The predicted octanol–water partition coefficient (Wildman–Crippen LogP) is 3.64. The second kappa shape index (κ2) is 4.76. The molecule has 0 aromatic rings. The minimum absolute atomic E-state index is 0.471. The fraction of sp³-hybridized carbons (Fsp3) is 0.333. The third kappa shape index (κ3) is 2.23. The van der Waals surface area contributed by atoms with Gasteiger partial charge in [0, 0.05) is 5.92 Å². The summed E-state index contributed by atoms with van der Waals surface area (Å²) in [6.07, 6.45) is 14.1. The van der Waals surface area contributed by atoms with Crippen molar-refractivity contribution >= 4 is 0 Å². The van der Waals surface area contributed by atoms with Gasteiger partial charge in [0.15, 0.2) is 0 Å². The predicted molar refractivity (Wildman–Crippen MR) is 55.0 cm³/mol. The first-order valence-electron chi connectivity index (χ1n) is 4.48. The van der Waals surface area contributed by atoms with E-state index in [0.717, 1.165) is 6.42 Å². The molecule has 1 atom stereocenters. The summed E-state index contributed by atoms with van der Waals surface area (Å²) in [4.78, 5) is 0. The van der Waals surface area contributed by atoms with E-state index in [9.17, 15) is 0 Å². The Morgan fingerprint density at radius 3 is 2.75 bits per heavy atom. The van der Waals surface area contributed by atoms with Gasteiger partial charge in [0.1, 0.15) is 0 Å². The first kappa shape index (κ1) is 9.05. The highest BCUT2D eigenvalue weighted by molar-refractivity contribution is 5.28. The summed E-state index contributed by atoms with van der Waals surface area (Å²) in [5.74, 6) is 0.471. The number of rotatable bonds is 4. The zero-order valence-corrected chi connectivity index (χ0v) is 7.50. The summed E-state index contributed by atoms with van der Waals surface area (Å²) in [5, 5.41) is 0. The fourth-order valence-corrected chi connectivity index (χ4v) is 1.46. The summed E-state index contributed by atoms with van der Waals surface area (Å²) in [7, 11) is 0. The zero-order valence-electron chi connectivity index (χ0n) is 7.50. The average molecular weight is 160 g/mol. The molecular weight excluding hydrogens is 144 g/mol. The fourth-order valence-electron chi connectivity index (χ4n) is 1.46. The van der Waals surface area contributed by atoms with Crippen LogP contribution in [0.25, 0.3) is 0 Å². The normalized spacial score (nSPS) is 18.2. The van der Waals surface area contributed by atoms with E-state index in [1.165, 1.54) is 18.4 Å². The number of hydrogen-bond acceptors (Lipinski definition) is 0. The monoisotopic (exact) mass is 160 g/mol. The van der Waals surface area contributed by atoms with Gasteiger partial charge in [0.25, 0.3) is 0 Å². The van der Waals surface area contributed by atoms with Crippen LogP contribution in [-0.4, -0.2) is 0 Å². The van der Waals surface area contributed by atoms with E-state index in [1.807, 2.05) is 12.2 Å². The van der Waals surface area contributed by atoms with E-state index in [2.05, 4.69) is 31.4 Å². The molecule has 0 radical (unpaired) electrons. The van der Waals surface area contributed by atoms with E-state index < -0.39 is 0 Å². The van der Waals surface area contributed by atoms with Gasteiger partial charge in [-0.1, -0.05) is 30.4 Å². The third-order valence-corrected chi connectivity index (χ3v) is 2.16. The van der Waals surface area contributed by atoms with Crippen LogP contribution in [0.15, 0.2) is 49.1 Å². The van der Waals surface area contributed by atoms with E-state index in [0.29, 0.717) is 5.92 Å². The highest BCUT2D eigenvalue weighted by Gasteiger charge is 2.07. The van der Waals surface area contributed by atoms with Gasteiger partial charge < -0.3 is 0 Å². The van der Waals surface area contributed by atoms with Gasteiger partial charge in [-0.2, -0.15) is 0 Å². The van der Waals surface area contributed by atoms with Gasteiger partial charge in [-0.25, -0.2) is 0 Å². The Morgan fingerprint density at radius 2 is 2.25 bits per heavy atom. The maximum absolute atomic E-state index is 3.83. The molecule has 0 fully saturated rings. The molecule has 0 heteroatoms. The number of allylic oxidation sites excluding steroid dienone is 6. The van der Waals surface area contributed by atoms with Crippen molar-refractivity contribution in [2.24, 2.45) is 5.92 Å².